The third-order valence-electron chi connectivity index (χ3n) is 4.66. The Balaban J connectivity index is 2.28. The van der Waals surface area contributed by atoms with Crippen LogP contribution in [0.4, 0.5) is 0 Å². The molecular formula is C17H25NO5. The number of carbonyl (C=O) groups is 2. The van der Waals surface area contributed by atoms with Crippen LogP contribution in [0.2, 0.25) is 0 Å². The van der Waals surface area contributed by atoms with Crippen molar-refractivity contribution in [1.29, 1.82) is 0 Å². The first kappa shape index (κ1) is 17.5. The van der Waals surface area contributed by atoms with Crippen LogP contribution in [0.3, 0.4) is 0 Å². The average molecular weight is 323 g/mol. The molecule has 0 spiro atoms. The van der Waals surface area contributed by atoms with Gasteiger partial charge in [-0.05, 0) is 29.8 Å². The number of nitrogens with zero attached hydrogens (tertiary/aromatic N) is 1. The van der Waals surface area contributed by atoms with E-state index in [4.69, 9.17) is 14.0 Å². The molecule has 23 heavy (non-hydrogen) atoms. The Bertz CT molecular complexity index is 565. The first-order valence-corrected chi connectivity index (χ1v) is 8.01. The molecule has 6 nitrogen and oxygen atoms in total. The van der Waals surface area contributed by atoms with Crippen molar-refractivity contribution in [3.8, 4) is 5.88 Å². The number of aromatic nitrogens is 1. The minimum atomic E-state index is -0.436. The molecular weight excluding hydrogens is 298 g/mol. The van der Waals surface area contributed by atoms with E-state index in [2.05, 4.69) is 12.1 Å². The number of esters is 1. The van der Waals surface area contributed by atoms with Crippen LogP contribution in [0, 0.1) is 23.7 Å². The quantitative estimate of drug-likeness (QED) is 0.749. The fourth-order valence-corrected chi connectivity index (χ4v) is 3.56. The topological polar surface area (TPSA) is 78.6 Å². The van der Waals surface area contributed by atoms with Crippen LogP contribution in [0.25, 0.3) is 0 Å². The molecule has 6 heteroatoms. The summed E-state index contributed by atoms with van der Waals surface area (Å²) in [5.41, 5.74) is 0. The van der Waals surface area contributed by atoms with Crippen molar-refractivity contribution in [2.45, 2.75) is 39.5 Å². The Hall–Kier alpha value is -1.85. The van der Waals surface area contributed by atoms with Gasteiger partial charge in [-0.2, -0.15) is 0 Å². The highest BCUT2D eigenvalue weighted by molar-refractivity contribution is 5.92. The maximum absolute atomic E-state index is 13.1. The molecule has 4 atom stereocenters. The van der Waals surface area contributed by atoms with E-state index in [1.165, 1.54) is 14.2 Å². The first-order chi connectivity index (χ1) is 10.9. The zero-order valence-electron chi connectivity index (χ0n) is 14.4. The maximum atomic E-state index is 13.1. The van der Waals surface area contributed by atoms with E-state index in [1.54, 1.807) is 6.07 Å². The molecule has 0 saturated heterocycles. The Morgan fingerprint density at radius 3 is 2.43 bits per heavy atom. The summed E-state index contributed by atoms with van der Waals surface area (Å²) in [4.78, 5) is 25.1. The Labute approximate surface area is 136 Å². The maximum Gasteiger partial charge on any atom is 0.309 e. The lowest BCUT2D eigenvalue weighted by molar-refractivity contribution is -0.149. The second kappa shape index (κ2) is 7.15. The second-order valence-corrected chi connectivity index (χ2v) is 6.71. The van der Waals surface area contributed by atoms with Gasteiger partial charge in [-0.1, -0.05) is 20.8 Å². The molecule has 1 aliphatic carbocycles. The second-order valence-electron chi connectivity index (χ2n) is 6.71. The summed E-state index contributed by atoms with van der Waals surface area (Å²) >= 11 is 0. The van der Waals surface area contributed by atoms with Gasteiger partial charge in [0.15, 0.2) is 5.76 Å². The Kier molecular flexibility index (Phi) is 5.44. The Morgan fingerprint density at radius 1 is 1.26 bits per heavy atom. The van der Waals surface area contributed by atoms with Crippen molar-refractivity contribution in [1.82, 2.24) is 5.16 Å². The lowest BCUT2D eigenvalue weighted by Crippen LogP contribution is -2.32. The zero-order chi connectivity index (χ0) is 17.1. The highest BCUT2D eigenvalue weighted by atomic mass is 16.5. The van der Waals surface area contributed by atoms with Gasteiger partial charge in [0, 0.05) is 12.0 Å². The summed E-state index contributed by atoms with van der Waals surface area (Å²) in [6.45, 7) is 5.98. The van der Waals surface area contributed by atoms with Crippen molar-refractivity contribution >= 4 is 11.8 Å². The van der Waals surface area contributed by atoms with Crippen LogP contribution in [-0.4, -0.2) is 31.1 Å². The van der Waals surface area contributed by atoms with E-state index in [9.17, 15) is 9.59 Å². The Morgan fingerprint density at radius 2 is 1.91 bits per heavy atom. The minimum absolute atomic E-state index is 0.0264. The first-order valence-electron chi connectivity index (χ1n) is 8.01. The van der Waals surface area contributed by atoms with Gasteiger partial charge in [0.2, 0.25) is 0 Å². The molecule has 0 aromatic carbocycles. The van der Waals surface area contributed by atoms with Crippen LogP contribution in [0.15, 0.2) is 10.6 Å². The van der Waals surface area contributed by atoms with Gasteiger partial charge in [-0.15, -0.1) is 0 Å². The molecule has 0 N–H and O–H groups in total. The molecule has 128 valence electrons. The SMILES string of the molecule is COC(=O)[C@@H]1C[C@@H](C)CC1C(=O)C(c1cc(OC)no1)C(C)C. The van der Waals surface area contributed by atoms with E-state index in [1.807, 2.05) is 13.8 Å². The van der Waals surface area contributed by atoms with Crippen molar-refractivity contribution in [2.75, 3.05) is 14.2 Å². The van der Waals surface area contributed by atoms with Gasteiger partial charge in [0.1, 0.15) is 5.78 Å². The van der Waals surface area contributed by atoms with Crippen molar-refractivity contribution in [3.05, 3.63) is 11.8 Å². The molecule has 0 radical (unpaired) electrons. The number of ether oxygens (including phenoxy) is 2. The van der Waals surface area contributed by atoms with E-state index in [0.29, 0.717) is 30.4 Å². The number of hydrogen-bond acceptors (Lipinski definition) is 6. The largest absolute Gasteiger partial charge is 0.479 e. The number of rotatable bonds is 6. The summed E-state index contributed by atoms with van der Waals surface area (Å²) in [7, 11) is 2.87. The van der Waals surface area contributed by atoms with E-state index in [-0.39, 0.29) is 29.5 Å². The number of hydrogen-bond donors (Lipinski definition) is 0. The summed E-state index contributed by atoms with van der Waals surface area (Å²) in [6.07, 6.45) is 1.39. The van der Waals surface area contributed by atoms with E-state index in [0.717, 1.165) is 0 Å². The third kappa shape index (κ3) is 3.57. The van der Waals surface area contributed by atoms with Gasteiger partial charge in [0.25, 0.3) is 5.88 Å². The lowest BCUT2D eigenvalue weighted by Gasteiger charge is -2.23. The van der Waals surface area contributed by atoms with Crippen molar-refractivity contribution in [2.24, 2.45) is 23.7 Å². The van der Waals surface area contributed by atoms with Gasteiger partial charge >= 0.3 is 5.97 Å². The van der Waals surface area contributed by atoms with Gasteiger partial charge in [0.05, 0.1) is 26.1 Å². The molecule has 0 amide bonds. The van der Waals surface area contributed by atoms with Gasteiger partial charge < -0.3 is 14.0 Å². The number of ketones is 1. The van der Waals surface area contributed by atoms with Crippen LogP contribution in [0.1, 0.15) is 45.3 Å². The lowest BCUT2D eigenvalue weighted by atomic mass is 9.79. The summed E-state index contributed by atoms with van der Waals surface area (Å²) in [6, 6.07) is 1.65. The van der Waals surface area contributed by atoms with Crippen molar-refractivity contribution in [3.63, 3.8) is 0 Å². The van der Waals surface area contributed by atoms with Crippen molar-refractivity contribution < 1.29 is 23.6 Å². The van der Waals surface area contributed by atoms with E-state index >= 15 is 0 Å². The molecule has 0 aliphatic heterocycles. The number of Topliss-reactive ketones (excluding diaryl/α,β-unsaturated/α-hetero) is 1. The fraction of sp³-hybridized carbons (Fsp3) is 0.706. The number of methoxy groups -OCH3 is 2. The predicted octanol–water partition coefficient (Wildman–Crippen LogP) is 2.83. The molecule has 1 aliphatic rings. The molecule has 0 bridgehead atoms. The van der Waals surface area contributed by atoms with Crippen LogP contribution in [0.5, 0.6) is 5.88 Å². The van der Waals surface area contributed by atoms with Crippen LogP contribution < -0.4 is 4.74 Å². The monoisotopic (exact) mass is 323 g/mol. The smallest absolute Gasteiger partial charge is 0.309 e. The number of carbonyl (C=O) groups excluding carboxylic acids is 2. The molecule has 1 aromatic rings. The molecule has 1 heterocycles. The molecule has 2 rings (SSSR count). The summed E-state index contributed by atoms with van der Waals surface area (Å²) in [5, 5.41) is 3.79. The van der Waals surface area contributed by atoms with Gasteiger partial charge in [-0.25, -0.2) is 0 Å². The zero-order valence-corrected chi connectivity index (χ0v) is 14.4. The van der Waals surface area contributed by atoms with E-state index < -0.39 is 5.92 Å². The van der Waals surface area contributed by atoms with Crippen LogP contribution in [-0.2, 0) is 14.3 Å². The third-order valence-corrected chi connectivity index (χ3v) is 4.66. The molecule has 2 unspecified atom stereocenters. The molecule has 1 saturated carbocycles. The predicted molar refractivity (Wildman–Crippen MR) is 83.0 cm³/mol. The van der Waals surface area contributed by atoms with Crippen LogP contribution >= 0.6 is 0 Å². The highest BCUT2D eigenvalue weighted by Gasteiger charge is 2.45. The average Bonchev–Trinajstić information content (AvgIpc) is 3.12. The molecule has 1 aromatic heterocycles. The normalized spacial score (nSPS) is 25.4. The molecule has 1 fully saturated rings. The van der Waals surface area contributed by atoms with Gasteiger partial charge in [-0.3, -0.25) is 9.59 Å². The highest BCUT2D eigenvalue weighted by Crippen LogP contribution is 2.42. The summed E-state index contributed by atoms with van der Waals surface area (Å²) in [5.74, 6) is -0.209. The fourth-order valence-electron chi connectivity index (χ4n) is 3.56. The minimum Gasteiger partial charge on any atom is -0.479 e. The summed E-state index contributed by atoms with van der Waals surface area (Å²) < 4.78 is 15.2. The standard InChI is InChI=1S/C17H25NO5/c1-9(2)15(13-8-14(21-4)18-23-13)16(19)11-6-10(3)7-12(11)17(20)22-5/h8-12,15H,6-7H2,1-5H3/t10-,11?,12+,15?/m0/s1.